The molecule has 26 heavy (non-hydrogen) atoms. The second-order valence-corrected chi connectivity index (χ2v) is 8.19. The molecule has 1 amide bonds. The van der Waals surface area contributed by atoms with Crippen LogP contribution in [0, 0.1) is 0 Å². The van der Waals surface area contributed by atoms with Crippen LogP contribution in [0.3, 0.4) is 0 Å². The van der Waals surface area contributed by atoms with Crippen molar-refractivity contribution in [2.45, 2.75) is 51.1 Å². The first kappa shape index (κ1) is 18.5. The zero-order valence-corrected chi connectivity index (χ0v) is 15.5. The molecule has 0 radical (unpaired) electrons. The summed E-state index contributed by atoms with van der Waals surface area (Å²) in [5.41, 5.74) is 0.742. The van der Waals surface area contributed by atoms with E-state index >= 15 is 0 Å². The van der Waals surface area contributed by atoms with Crippen LogP contribution in [-0.4, -0.2) is 15.7 Å². The van der Waals surface area contributed by atoms with Crippen LogP contribution in [0.4, 0.5) is 18.9 Å². The molecule has 4 nitrogen and oxygen atoms in total. The predicted octanol–water partition coefficient (Wildman–Crippen LogP) is 4.65. The van der Waals surface area contributed by atoms with Crippen LogP contribution < -0.4 is 5.32 Å². The number of benzene rings is 1. The lowest BCUT2D eigenvalue weighted by molar-refractivity contribution is -0.141. The molecule has 7 heteroatoms. The highest BCUT2D eigenvalue weighted by molar-refractivity contribution is 6.05. The summed E-state index contributed by atoms with van der Waals surface area (Å²) in [5.74, 6) is -0.806. The van der Waals surface area contributed by atoms with E-state index < -0.39 is 23.3 Å². The lowest BCUT2D eigenvalue weighted by Crippen LogP contribution is -2.21. The highest BCUT2D eigenvalue weighted by Crippen LogP contribution is 2.51. The van der Waals surface area contributed by atoms with Crippen molar-refractivity contribution in [3.8, 4) is 0 Å². The molecule has 2 aromatic rings. The van der Waals surface area contributed by atoms with Gasteiger partial charge in [-0.15, -0.1) is 0 Å². The predicted molar refractivity (Wildman–Crippen MR) is 93.3 cm³/mol. The summed E-state index contributed by atoms with van der Waals surface area (Å²) in [4.78, 5) is 12.6. The minimum atomic E-state index is -4.69. The Morgan fingerprint density at radius 1 is 1.19 bits per heavy atom. The number of carbonyl (C=O) groups is 1. The van der Waals surface area contributed by atoms with E-state index in [1.807, 2.05) is 12.1 Å². The molecule has 0 spiro atoms. The summed E-state index contributed by atoms with van der Waals surface area (Å²) < 4.78 is 40.4. The van der Waals surface area contributed by atoms with Crippen LogP contribution in [0.15, 0.2) is 24.4 Å². The van der Waals surface area contributed by atoms with E-state index in [4.69, 9.17) is 0 Å². The number of halogens is 3. The van der Waals surface area contributed by atoms with E-state index in [0.717, 1.165) is 28.4 Å². The highest BCUT2D eigenvalue weighted by Gasteiger charge is 2.44. The van der Waals surface area contributed by atoms with E-state index in [9.17, 15) is 18.0 Å². The summed E-state index contributed by atoms with van der Waals surface area (Å²) in [5, 5.41) is 6.09. The molecule has 140 valence electrons. The highest BCUT2D eigenvalue weighted by atomic mass is 19.4. The Kier molecular flexibility index (Phi) is 3.97. The smallest absolute Gasteiger partial charge is 0.322 e. The summed E-state index contributed by atoms with van der Waals surface area (Å²) >= 11 is 0. The van der Waals surface area contributed by atoms with E-state index in [1.54, 1.807) is 6.07 Å². The van der Waals surface area contributed by atoms with E-state index in [-0.39, 0.29) is 10.8 Å². The molecule has 0 bridgehead atoms. The molecular weight excluding hydrogens is 343 g/mol. The van der Waals surface area contributed by atoms with Gasteiger partial charge in [0.2, 0.25) is 0 Å². The molecule has 1 aliphatic rings. The van der Waals surface area contributed by atoms with E-state index in [1.165, 1.54) is 7.05 Å². The topological polar surface area (TPSA) is 46.9 Å². The van der Waals surface area contributed by atoms with Crippen LogP contribution in [0.5, 0.6) is 0 Å². The first-order chi connectivity index (χ1) is 11.8. The Bertz CT molecular complexity index is 879. The molecule has 1 N–H and O–H groups in total. The van der Waals surface area contributed by atoms with Gasteiger partial charge in [0.15, 0.2) is 5.69 Å². The lowest BCUT2D eigenvalue weighted by Gasteiger charge is -2.23. The maximum Gasteiger partial charge on any atom is 0.435 e. The van der Waals surface area contributed by atoms with Gasteiger partial charge in [0.05, 0.1) is 5.56 Å². The molecule has 0 saturated carbocycles. The quantitative estimate of drug-likeness (QED) is 0.842. The van der Waals surface area contributed by atoms with Gasteiger partial charge in [0.25, 0.3) is 5.91 Å². The molecule has 0 fully saturated rings. The fourth-order valence-corrected chi connectivity index (χ4v) is 4.29. The maximum absolute atomic E-state index is 13.1. The van der Waals surface area contributed by atoms with Gasteiger partial charge < -0.3 is 5.32 Å². The largest absolute Gasteiger partial charge is 0.435 e. The number of nitrogens with one attached hydrogen (secondary N) is 1. The SMILES string of the molecule is Cn1cc(C(=O)Nc2cccc3c2C(C)(C)CC3(C)C)c(C(F)(F)F)n1. The molecule has 0 aliphatic heterocycles. The molecule has 1 aliphatic carbocycles. The van der Waals surface area contributed by atoms with Crippen LogP contribution in [0.25, 0.3) is 0 Å². The molecule has 1 heterocycles. The minimum absolute atomic E-state index is 0.0645. The fourth-order valence-electron chi connectivity index (χ4n) is 4.29. The van der Waals surface area contributed by atoms with Gasteiger partial charge in [-0.3, -0.25) is 9.48 Å². The third-order valence-corrected chi connectivity index (χ3v) is 4.94. The summed E-state index contributed by atoms with van der Waals surface area (Å²) in [7, 11) is 1.36. The van der Waals surface area contributed by atoms with E-state index in [0.29, 0.717) is 5.69 Å². The third kappa shape index (κ3) is 2.99. The Hall–Kier alpha value is -2.31. The molecule has 3 rings (SSSR count). The summed E-state index contributed by atoms with van der Waals surface area (Å²) in [6.45, 7) is 8.44. The van der Waals surface area contributed by atoms with Crippen molar-refractivity contribution in [2.24, 2.45) is 7.05 Å². The Labute approximate surface area is 150 Å². The number of rotatable bonds is 2. The Morgan fingerprint density at radius 3 is 2.46 bits per heavy atom. The zero-order chi connectivity index (χ0) is 19.5. The van der Waals surface area contributed by atoms with Gasteiger partial charge in [-0.05, 0) is 34.4 Å². The van der Waals surface area contributed by atoms with Crippen LogP contribution in [0.1, 0.15) is 61.3 Å². The molecular formula is C19H22F3N3O. The lowest BCUT2D eigenvalue weighted by atomic mass is 9.81. The van der Waals surface area contributed by atoms with Gasteiger partial charge in [-0.25, -0.2) is 0 Å². The Morgan fingerprint density at radius 2 is 1.85 bits per heavy atom. The molecule has 0 unspecified atom stereocenters. The van der Waals surface area contributed by atoms with Gasteiger partial charge >= 0.3 is 6.18 Å². The summed E-state index contributed by atoms with van der Waals surface area (Å²) in [6, 6.07) is 5.58. The average Bonchev–Trinajstić information content (AvgIpc) is 2.95. The number of hydrogen-bond donors (Lipinski definition) is 1. The van der Waals surface area contributed by atoms with Crippen LogP contribution >= 0.6 is 0 Å². The Balaban J connectivity index is 2.03. The number of fused-ring (bicyclic) bond motifs is 1. The molecule has 1 aromatic carbocycles. The number of hydrogen-bond acceptors (Lipinski definition) is 2. The molecule has 0 saturated heterocycles. The van der Waals surface area contributed by atoms with Crippen molar-refractivity contribution in [1.82, 2.24) is 9.78 Å². The van der Waals surface area contributed by atoms with Gasteiger partial charge in [-0.1, -0.05) is 39.8 Å². The first-order valence-corrected chi connectivity index (χ1v) is 8.39. The number of alkyl halides is 3. The monoisotopic (exact) mass is 365 g/mol. The number of aryl methyl sites for hydroxylation is 1. The van der Waals surface area contributed by atoms with Crippen molar-refractivity contribution in [1.29, 1.82) is 0 Å². The van der Waals surface area contributed by atoms with Crippen molar-refractivity contribution >= 4 is 11.6 Å². The second-order valence-electron chi connectivity index (χ2n) is 8.19. The number of amides is 1. The van der Waals surface area contributed by atoms with E-state index in [2.05, 4.69) is 38.1 Å². The van der Waals surface area contributed by atoms with Crippen LogP contribution in [-0.2, 0) is 24.1 Å². The van der Waals surface area contributed by atoms with Crippen LogP contribution in [0.2, 0.25) is 0 Å². The molecule has 1 aromatic heterocycles. The number of carbonyl (C=O) groups excluding carboxylic acids is 1. The van der Waals surface area contributed by atoms with Crippen molar-refractivity contribution in [2.75, 3.05) is 5.32 Å². The third-order valence-electron chi connectivity index (χ3n) is 4.94. The maximum atomic E-state index is 13.1. The minimum Gasteiger partial charge on any atom is -0.322 e. The number of aromatic nitrogens is 2. The molecule has 0 atom stereocenters. The van der Waals surface area contributed by atoms with Gasteiger partial charge in [0, 0.05) is 18.9 Å². The van der Waals surface area contributed by atoms with Crippen molar-refractivity contribution in [3.05, 3.63) is 46.8 Å². The number of anilines is 1. The van der Waals surface area contributed by atoms with Crippen molar-refractivity contribution in [3.63, 3.8) is 0 Å². The number of nitrogens with zero attached hydrogens (tertiary/aromatic N) is 2. The van der Waals surface area contributed by atoms with Crippen molar-refractivity contribution < 1.29 is 18.0 Å². The first-order valence-electron chi connectivity index (χ1n) is 8.39. The second kappa shape index (κ2) is 5.59. The van der Waals surface area contributed by atoms with Gasteiger partial charge in [0.1, 0.15) is 0 Å². The standard InChI is InChI=1S/C19H22F3N3O/c1-17(2)10-18(3,4)14-12(17)7-6-8-13(14)23-16(26)11-9-25(5)24-15(11)19(20,21)22/h6-9H,10H2,1-5H3,(H,23,26). The van der Waals surface area contributed by atoms with Gasteiger partial charge in [-0.2, -0.15) is 18.3 Å². The summed E-state index contributed by atoms with van der Waals surface area (Å²) in [6.07, 6.45) is -2.70. The average molecular weight is 365 g/mol. The fraction of sp³-hybridized carbons (Fsp3) is 0.474. The zero-order valence-electron chi connectivity index (χ0n) is 15.5. The normalized spacial score (nSPS) is 17.8.